The lowest BCUT2D eigenvalue weighted by Crippen LogP contribution is -2.61. The van der Waals surface area contributed by atoms with Crippen LogP contribution in [-0.4, -0.2) is 22.2 Å². The lowest BCUT2D eigenvalue weighted by molar-refractivity contribution is -0.125. The van der Waals surface area contributed by atoms with Crippen LogP contribution in [0.1, 0.15) is 66.2 Å². The maximum Gasteiger partial charge on any atom is 0.226 e. The van der Waals surface area contributed by atoms with Gasteiger partial charge in [0.25, 0.3) is 0 Å². The van der Waals surface area contributed by atoms with Crippen LogP contribution in [0.15, 0.2) is 12.2 Å². The first-order valence-electron chi connectivity index (χ1n) is 8.61. The van der Waals surface area contributed by atoms with Gasteiger partial charge in [-0.2, -0.15) is 0 Å². The van der Waals surface area contributed by atoms with Gasteiger partial charge in [0.2, 0.25) is 5.91 Å². The molecular formula is C18H31NO2. The minimum absolute atomic E-state index is 0.0374. The maximum absolute atomic E-state index is 12.5. The number of carbonyl (C=O) groups excluding carboxylic acids is 1. The van der Waals surface area contributed by atoms with Gasteiger partial charge in [-0.25, -0.2) is 0 Å². The van der Waals surface area contributed by atoms with Crippen LogP contribution >= 0.6 is 0 Å². The zero-order valence-corrected chi connectivity index (χ0v) is 14.0. The summed E-state index contributed by atoms with van der Waals surface area (Å²) in [5.41, 5.74) is -1.48. The zero-order valence-electron chi connectivity index (χ0n) is 14.0. The molecule has 2 aliphatic rings. The molecule has 0 aromatic rings. The van der Waals surface area contributed by atoms with Gasteiger partial charge in [-0.1, -0.05) is 39.3 Å². The topological polar surface area (TPSA) is 49.3 Å². The van der Waals surface area contributed by atoms with E-state index >= 15 is 0 Å². The summed E-state index contributed by atoms with van der Waals surface area (Å²) in [5.74, 6) is 0.457. The molecule has 1 aliphatic carbocycles. The van der Waals surface area contributed by atoms with Crippen LogP contribution < -0.4 is 5.32 Å². The van der Waals surface area contributed by atoms with E-state index in [1.54, 1.807) is 0 Å². The quantitative estimate of drug-likeness (QED) is 0.763. The van der Waals surface area contributed by atoms with Crippen molar-refractivity contribution in [2.75, 3.05) is 0 Å². The Bertz CT molecular complexity index is 415. The smallest absolute Gasteiger partial charge is 0.226 e. The lowest BCUT2D eigenvalue weighted by atomic mass is 9.63. The number of nitrogens with one attached hydrogen (secondary N) is 1. The number of hydrogen-bond donors (Lipinski definition) is 2. The summed E-state index contributed by atoms with van der Waals surface area (Å²) in [7, 11) is 0. The van der Waals surface area contributed by atoms with E-state index < -0.39 is 11.1 Å². The van der Waals surface area contributed by atoms with Crippen molar-refractivity contribution >= 4 is 5.91 Å². The average Bonchev–Trinajstić information content (AvgIpc) is 2.68. The number of amides is 1. The predicted molar refractivity (Wildman–Crippen MR) is 85.8 cm³/mol. The number of hydrogen-bond acceptors (Lipinski definition) is 2. The van der Waals surface area contributed by atoms with E-state index in [4.69, 9.17) is 0 Å². The molecule has 0 aromatic carbocycles. The van der Waals surface area contributed by atoms with E-state index in [0.717, 1.165) is 32.1 Å². The maximum atomic E-state index is 12.5. The van der Waals surface area contributed by atoms with Gasteiger partial charge in [-0.05, 0) is 50.9 Å². The molecule has 0 saturated carbocycles. The van der Waals surface area contributed by atoms with Gasteiger partial charge in [0.1, 0.15) is 0 Å². The standard InChI is InChI=1S/C18H31NO2/c1-5-10-15-16(20)19-18(6-2,17(15,4)21)13(3)14-11-8-7-9-12-14/h8,11,13-15,21H,5-7,9-10,12H2,1-4H3,(H,19,20)/t13-,14+,15-,17-,18+/m0/s1. The highest BCUT2D eigenvalue weighted by molar-refractivity contribution is 5.84. The van der Waals surface area contributed by atoms with Crippen molar-refractivity contribution in [3.8, 4) is 0 Å². The third-order valence-corrected chi connectivity index (χ3v) is 6.09. The molecule has 3 nitrogen and oxygen atoms in total. The van der Waals surface area contributed by atoms with Gasteiger partial charge in [0, 0.05) is 0 Å². The summed E-state index contributed by atoms with van der Waals surface area (Å²) in [6, 6.07) is 0. The molecule has 1 heterocycles. The average molecular weight is 293 g/mol. The molecule has 5 atom stereocenters. The van der Waals surface area contributed by atoms with Gasteiger partial charge in [-0.3, -0.25) is 4.79 Å². The highest BCUT2D eigenvalue weighted by atomic mass is 16.3. The molecule has 2 N–H and O–H groups in total. The van der Waals surface area contributed by atoms with E-state index in [1.165, 1.54) is 6.42 Å². The Hall–Kier alpha value is -0.830. The van der Waals surface area contributed by atoms with E-state index in [2.05, 4.69) is 38.2 Å². The Kier molecular flexibility index (Phi) is 4.82. The molecule has 1 fully saturated rings. The van der Waals surface area contributed by atoms with Gasteiger partial charge in [0.15, 0.2) is 0 Å². The second-order valence-corrected chi connectivity index (χ2v) is 7.11. The van der Waals surface area contributed by atoms with Gasteiger partial charge in [-0.15, -0.1) is 0 Å². The fraction of sp³-hybridized carbons (Fsp3) is 0.833. The van der Waals surface area contributed by atoms with E-state index in [9.17, 15) is 9.90 Å². The molecule has 1 amide bonds. The Morgan fingerprint density at radius 2 is 2.19 bits per heavy atom. The van der Waals surface area contributed by atoms with Crippen molar-refractivity contribution in [1.82, 2.24) is 5.32 Å². The third kappa shape index (κ3) is 2.54. The highest BCUT2D eigenvalue weighted by Gasteiger charge is 2.62. The van der Waals surface area contributed by atoms with Crippen molar-refractivity contribution in [3.05, 3.63) is 12.2 Å². The van der Waals surface area contributed by atoms with Crippen molar-refractivity contribution in [3.63, 3.8) is 0 Å². The minimum atomic E-state index is -0.973. The molecule has 0 unspecified atom stereocenters. The van der Waals surface area contributed by atoms with Crippen LogP contribution in [-0.2, 0) is 4.79 Å². The first-order chi connectivity index (χ1) is 9.90. The normalized spacial score (nSPS) is 41.1. The number of aliphatic hydroxyl groups is 1. The van der Waals surface area contributed by atoms with Crippen LogP contribution in [0.4, 0.5) is 0 Å². The first kappa shape index (κ1) is 16.5. The fourth-order valence-corrected chi connectivity index (χ4v) is 4.66. The first-order valence-corrected chi connectivity index (χ1v) is 8.61. The molecule has 21 heavy (non-hydrogen) atoms. The Labute approximate surface area is 129 Å². The van der Waals surface area contributed by atoms with Crippen LogP contribution in [0.3, 0.4) is 0 Å². The summed E-state index contributed by atoms with van der Waals surface area (Å²) in [5, 5.41) is 14.5. The molecule has 0 bridgehead atoms. The van der Waals surface area contributed by atoms with E-state index in [-0.39, 0.29) is 17.7 Å². The SMILES string of the molecule is CCC[C@H]1C(=O)N[C@](CC)([C@@H](C)[C@@H]2C=CCCC2)[C@@]1(C)O. The van der Waals surface area contributed by atoms with Crippen molar-refractivity contribution in [2.45, 2.75) is 77.4 Å². The lowest BCUT2D eigenvalue weighted by Gasteiger charge is -2.47. The number of rotatable bonds is 5. The van der Waals surface area contributed by atoms with Gasteiger partial charge in [0.05, 0.1) is 17.1 Å². The summed E-state index contributed by atoms with van der Waals surface area (Å²) in [6.07, 6.45) is 10.5. The summed E-state index contributed by atoms with van der Waals surface area (Å²) in [4.78, 5) is 12.5. The Morgan fingerprint density at radius 1 is 1.48 bits per heavy atom. The largest absolute Gasteiger partial charge is 0.387 e. The minimum Gasteiger partial charge on any atom is -0.387 e. The molecule has 0 aromatic heterocycles. The molecule has 0 spiro atoms. The monoisotopic (exact) mass is 293 g/mol. The van der Waals surface area contributed by atoms with E-state index in [1.807, 2.05) is 6.92 Å². The van der Waals surface area contributed by atoms with Crippen molar-refractivity contribution < 1.29 is 9.90 Å². The van der Waals surface area contributed by atoms with Gasteiger partial charge < -0.3 is 10.4 Å². The van der Waals surface area contributed by atoms with Crippen LogP contribution in [0.5, 0.6) is 0 Å². The van der Waals surface area contributed by atoms with Crippen molar-refractivity contribution in [1.29, 1.82) is 0 Å². The molecule has 1 saturated heterocycles. The zero-order chi connectivity index (χ0) is 15.7. The summed E-state index contributed by atoms with van der Waals surface area (Å²) in [6.45, 7) is 8.24. The predicted octanol–water partition coefficient (Wildman–Crippen LogP) is 3.42. The molecule has 120 valence electrons. The second kappa shape index (κ2) is 6.12. The van der Waals surface area contributed by atoms with Crippen LogP contribution in [0, 0.1) is 17.8 Å². The fourth-order valence-electron chi connectivity index (χ4n) is 4.66. The molecule has 1 aliphatic heterocycles. The van der Waals surface area contributed by atoms with Crippen LogP contribution in [0.2, 0.25) is 0 Å². The number of allylic oxidation sites excluding steroid dienone is 2. The molecule has 3 heteroatoms. The third-order valence-electron chi connectivity index (χ3n) is 6.09. The molecular weight excluding hydrogens is 262 g/mol. The molecule has 2 rings (SSSR count). The Balaban J connectivity index is 2.33. The van der Waals surface area contributed by atoms with E-state index in [0.29, 0.717) is 5.92 Å². The van der Waals surface area contributed by atoms with Crippen LogP contribution in [0.25, 0.3) is 0 Å². The van der Waals surface area contributed by atoms with Crippen molar-refractivity contribution in [2.24, 2.45) is 17.8 Å². The highest BCUT2D eigenvalue weighted by Crippen LogP contribution is 2.48. The second-order valence-electron chi connectivity index (χ2n) is 7.11. The molecule has 0 radical (unpaired) electrons. The number of carbonyl (C=O) groups is 1. The Morgan fingerprint density at radius 3 is 2.71 bits per heavy atom. The van der Waals surface area contributed by atoms with Gasteiger partial charge >= 0.3 is 0 Å². The summed E-state index contributed by atoms with van der Waals surface area (Å²) >= 11 is 0. The summed E-state index contributed by atoms with van der Waals surface area (Å²) < 4.78 is 0.